The summed E-state index contributed by atoms with van der Waals surface area (Å²) in [5.41, 5.74) is 0.484. The maximum atomic E-state index is 13.9. The van der Waals surface area contributed by atoms with E-state index in [1.807, 2.05) is 19.0 Å². The zero-order valence-electron chi connectivity index (χ0n) is 17.1. The Morgan fingerprint density at radius 1 is 1.30 bits per heavy atom. The average Bonchev–Trinajstić information content (AvgIpc) is 2.98. The number of nitrogens with zero attached hydrogens (tertiary/aromatic N) is 3. The molecule has 1 aliphatic heterocycles. The van der Waals surface area contributed by atoms with Crippen LogP contribution >= 0.6 is 0 Å². The minimum absolute atomic E-state index is 0.0117. The van der Waals surface area contributed by atoms with Crippen LogP contribution in [0, 0.1) is 5.82 Å². The van der Waals surface area contributed by atoms with Gasteiger partial charge in [0.15, 0.2) is 0 Å². The number of rotatable bonds is 7. The predicted molar refractivity (Wildman–Crippen MR) is 109 cm³/mol. The minimum atomic E-state index is -0.825. The van der Waals surface area contributed by atoms with E-state index in [2.05, 4.69) is 4.98 Å². The van der Waals surface area contributed by atoms with Crippen molar-refractivity contribution in [3.63, 3.8) is 0 Å². The third-order valence-corrected chi connectivity index (χ3v) is 4.96. The van der Waals surface area contributed by atoms with E-state index in [9.17, 15) is 19.1 Å². The first-order valence-corrected chi connectivity index (χ1v) is 9.52. The number of methoxy groups -OCH3 is 1. The molecule has 1 aliphatic rings. The monoisotopic (exact) mass is 413 g/mol. The van der Waals surface area contributed by atoms with Crippen molar-refractivity contribution in [2.45, 2.75) is 12.5 Å². The fraction of sp³-hybridized carbons (Fsp3) is 0.318. The number of hydrogen-bond acceptors (Lipinski definition) is 6. The molecule has 2 heterocycles. The molecule has 1 saturated heterocycles. The third kappa shape index (κ3) is 4.18. The van der Waals surface area contributed by atoms with Crippen molar-refractivity contribution < 1.29 is 23.8 Å². The van der Waals surface area contributed by atoms with Crippen LogP contribution < -0.4 is 4.74 Å². The fourth-order valence-corrected chi connectivity index (χ4v) is 3.56. The van der Waals surface area contributed by atoms with E-state index >= 15 is 0 Å². The van der Waals surface area contributed by atoms with E-state index in [4.69, 9.17) is 4.74 Å². The van der Waals surface area contributed by atoms with Gasteiger partial charge in [0.1, 0.15) is 17.3 Å². The quantitative estimate of drug-likeness (QED) is 0.427. The Morgan fingerprint density at radius 2 is 2.07 bits per heavy atom. The maximum Gasteiger partial charge on any atom is 0.295 e. The number of Topliss-reactive ketones (excluding diaryl/α,β-unsaturated/α-hetero) is 1. The molecule has 0 aliphatic carbocycles. The number of carbonyl (C=O) groups excluding carboxylic acids is 2. The molecule has 1 amide bonds. The van der Waals surface area contributed by atoms with Crippen molar-refractivity contribution in [3.8, 4) is 5.75 Å². The number of pyridine rings is 1. The van der Waals surface area contributed by atoms with Crippen molar-refractivity contribution in [3.05, 3.63) is 65.2 Å². The van der Waals surface area contributed by atoms with E-state index in [-0.39, 0.29) is 16.9 Å². The van der Waals surface area contributed by atoms with Gasteiger partial charge in [0.05, 0.1) is 24.3 Å². The molecule has 30 heavy (non-hydrogen) atoms. The number of amides is 1. The van der Waals surface area contributed by atoms with E-state index in [1.54, 1.807) is 24.5 Å². The van der Waals surface area contributed by atoms with Crippen molar-refractivity contribution in [2.24, 2.45) is 0 Å². The van der Waals surface area contributed by atoms with Crippen LogP contribution in [-0.2, 0) is 9.59 Å². The van der Waals surface area contributed by atoms with E-state index in [0.717, 1.165) is 12.6 Å². The average molecular weight is 413 g/mol. The van der Waals surface area contributed by atoms with Crippen LogP contribution in [0.1, 0.15) is 23.6 Å². The highest BCUT2D eigenvalue weighted by molar-refractivity contribution is 6.46. The molecule has 0 radical (unpaired) electrons. The lowest BCUT2D eigenvalue weighted by Gasteiger charge is -2.25. The molecule has 1 N–H and O–H groups in total. The molecule has 2 aromatic rings. The number of aliphatic hydroxyl groups is 1. The Kier molecular flexibility index (Phi) is 6.47. The second-order valence-electron chi connectivity index (χ2n) is 7.28. The highest BCUT2D eigenvalue weighted by Gasteiger charge is 2.46. The van der Waals surface area contributed by atoms with Gasteiger partial charge in [0.25, 0.3) is 11.7 Å². The Bertz CT molecular complexity index is 976. The lowest BCUT2D eigenvalue weighted by molar-refractivity contribution is -0.139. The molecule has 0 bridgehead atoms. The summed E-state index contributed by atoms with van der Waals surface area (Å²) in [6, 6.07) is 6.23. The van der Waals surface area contributed by atoms with Crippen molar-refractivity contribution in [1.29, 1.82) is 0 Å². The lowest BCUT2D eigenvalue weighted by atomic mass is 9.96. The molecule has 7 nitrogen and oxygen atoms in total. The lowest BCUT2D eigenvalue weighted by Crippen LogP contribution is -2.32. The van der Waals surface area contributed by atoms with Crippen LogP contribution in [0.15, 0.2) is 48.3 Å². The van der Waals surface area contributed by atoms with Gasteiger partial charge in [-0.2, -0.15) is 0 Å². The van der Waals surface area contributed by atoms with Crippen molar-refractivity contribution in [2.75, 3.05) is 34.3 Å². The molecular formula is C22H24FN3O4. The molecule has 1 aromatic heterocycles. The van der Waals surface area contributed by atoms with Gasteiger partial charge in [-0.1, -0.05) is 6.07 Å². The van der Waals surface area contributed by atoms with Gasteiger partial charge in [0, 0.05) is 18.9 Å². The highest BCUT2D eigenvalue weighted by Crippen LogP contribution is 2.40. The third-order valence-electron chi connectivity index (χ3n) is 4.96. The molecule has 1 atom stereocenters. The van der Waals surface area contributed by atoms with Gasteiger partial charge < -0.3 is 19.6 Å². The summed E-state index contributed by atoms with van der Waals surface area (Å²) in [6.45, 7) is 1.04. The van der Waals surface area contributed by atoms with E-state index in [1.165, 1.54) is 24.1 Å². The van der Waals surface area contributed by atoms with E-state index < -0.39 is 29.3 Å². The number of ketones is 1. The largest absolute Gasteiger partial charge is 0.507 e. The molecule has 0 unspecified atom stereocenters. The molecule has 158 valence electrons. The number of likely N-dealkylation sites (tertiary alicyclic amines) is 1. The van der Waals surface area contributed by atoms with Crippen molar-refractivity contribution >= 4 is 17.4 Å². The number of halogens is 1. The van der Waals surface area contributed by atoms with Gasteiger partial charge in [0.2, 0.25) is 0 Å². The molecule has 1 fully saturated rings. The smallest absolute Gasteiger partial charge is 0.295 e. The fourth-order valence-electron chi connectivity index (χ4n) is 3.56. The van der Waals surface area contributed by atoms with Crippen LogP contribution in [0.25, 0.3) is 5.76 Å². The first kappa shape index (κ1) is 21.4. The molecular weight excluding hydrogens is 389 g/mol. The number of aliphatic hydroxyl groups excluding tert-OH is 1. The second kappa shape index (κ2) is 9.04. The van der Waals surface area contributed by atoms with Crippen LogP contribution in [-0.4, -0.2) is 65.9 Å². The summed E-state index contributed by atoms with van der Waals surface area (Å²) in [5, 5.41) is 11.0. The van der Waals surface area contributed by atoms with Gasteiger partial charge >= 0.3 is 0 Å². The predicted octanol–water partition coefficient (Wildman–Crippen LogP) is 2.60. The number of aromatic nitrogens is 1. The Labute approximate surface area is 174 Å². The summed E-state index contributed by atoms with van der Waals surface area (Å²) in [4.78, 5) is 33.2. The van der Waals surface area contributed by atoms with Crippen LogP contribution in [0.4, 0.5) is 4.39 Å². The topological polar surface area (TPSA) is 83.0 Å². The Morgan fingerprint density at radius 3 is 2.70 bits per heavy atom. The summed E-state index contributed by atoms with van der Waals surface area (Å²) < 4.78 is 19.1. The normalized spacial score (nSPS) is 18.3. The molecule has 0 saturated carbocycles. The highest BCUT2D eigenvalue weighted by atomic mass is 19.1. The Hall–Kier alpha value is -3.26. The zero-order valence-corrected chi connectivity index (χ0v) is 17.1. The summed E-state index contributed by atoms with van der Waals surface area (Å²) in [6.07, 6.45) is 3.77. The van der Waals surface area contributed by atoms with Crippen LogP contribution in [0.5, 0.6) is 5.75 Å². The van der Waals surface area contributed by atoms with E-state index in [0.29, 0.717) is 18.5 Å². The molecule has 3 rings (SSSR count). The van der Waals surface area contributed by atoms with Gasteiger partial charge in [-0.25, -0.2) is 4.39 Å². The van der Waals surface area contributed by atoms with Gasteiger partial charge in [-0.05, 0) is 56.9 Å². The second-order valence-corrected chi connectivity index (χ2v) is 7.28. The number of hydrogen-bond donors (Lipinski definition) is 1. The van der Waals surface area contributed by atoms with Crippen LogP contribution in [0.3, 0.4) is 0 Å². The first-order valence-electron chi connectivity index (χ1n) is 9.52. The Balaban J connectivity index is 2.13. The van der Waals surface area contributed by atoms with Crippen LogP contribution in [0.2, 0.25) is 0 Å². The zero-order chi connectivity index (χ0) is 21.8. The summed E-state index contributed by atoms with van der Waals surface area (Å²) in [5.74, 6) is -2.42. The standard InChI is InChI=1S/C22H24FN3O4/c1-25(2)10-5-11-26-19(14-6-4-9-24-13-14)18(21(28)22(26)29)20(27)16-12-15(23)7-8-17(16)30-3/h4,6-9,12-13,19,27H,5,10-11H2,1-3H3/b20-18+/t19-/m0/s1. The number of benzene rings is 1. The SMILES string of the molecule is COc1ccc(F)cc1/C(O)=C1\C(=O)C(=O)N(CCCN(C)C)[C@H]1c1cccnc1. The molecule has 8 heteroatoms. The molecule has 0 spiro atoms. The van der Waals surface area contributed by atoms with Gasteiger partial charge in [-0.15, -0.1) is 0 Å². The van der Waals surface area contributed by atoms with Gasteiger partial charge in [-0.3, -0.25) is 14.6 Å². The molecule has 1 aromatic carbocycles. The number of ether oxygens (including phenoxy) is 1. The summed E-state index contributed by atoms with van der Waals surface area (Å²) in [7, 11) is 5.22. The minimum Gasteiger partial charge on any atom is -0.507 e. The maximum absolute atomic E-state index is 13.9. The van der Waals surface area contributed by atoms with Crippen molar-refractivity contribution in [1.82, 2.24) is 14.8 Å². The number of carbonyl (C=O) groups is 2. The first-order chi connectivity index (χ1) is 14.3. The summed E-state index contributed by atoms with van der Waals surface area (Å²) >= 11 is 0.